The fourth-order valence-electron chi connectivity index (χ4n) is 10.3. The van der Waals surface area contributed by atoms with Crippen LogP contribution < -0.4 is 7.74 Å². The summed E-state index contributed by atoms with van der Waals surface area (Å²) in [6.07, 6.45) is 1.20. The molecule has 0 saturated carbocycles. The Balaban J connectivity index is 1.35. The van der Waals surface area contributed by atoms with Crippen LogP contribution >= 0.6 is 0 Å². The first-order chi connectivity index (χ1) is 26.9. The Hall–Kier alpha value is -5.85. The van der Waals surface area contributed by atoms with Crippen molar-refractivity contribution in [2.75, 3.05) is 0 Å². The SMILES string of the molecule is [CH3][Ti]([CH3])(=[SiH2])([O]C(=O)c1cccc2ccccc12)([O]C(=O)c1cccc2ccccc12)([c]1cccc2c1Cc1ccccc1-2)[c]1cccc2c1Cc1ccccc1-2. The Bertz CT molecular complexity index is 2970. The monoisotopic (exact) mass is 780 g/mol. The van der Waals surface area contributed by atoms with Crippen LogP contribution in [-0.2, 0) is 31.7 Å². The molecular weight excluding hydrogens is 740 g/mol. The molecule has 0 N–H and O–H groups in total. The van der Waals surface area contributed by atoms with Gasteiger partial charge in [0, 0.05) is 0 Å². The van der Waals surface area contributed by atoms with Gasteiger partial charge in [-0.3, -0.25) is 0 Å². The second-order valence-electron chi connectivity index (χ2n) is 17.4. The van der Waals surface area contributed by atoms with Gasteiger partial charge in [0.15, 0.2) is 0 Å². The van der Waals surface area contributed by atoms with E-state index in [1.807, 2.05) is 108 Å². The summed E-state index contributed by atoms with van der Waals surface area (Å²) in [6, 6.07) is 56.4. The molecule has 0 unspecified atom stereocenters. The first kappa shape index (κ1) is 34.6. The molecule has 0 saturated heterocycles. The fraction of sp³-hybridized carbons (Fsp3) is 0.0800. The zero-order chi connectivity index (χ0) is 38.4. The van der Waals surface area contributed by atoms with Crippen LogP contribution in [0.2, 0.25) is 10.5 Å². The van der Waals surface area contributed by atoms with Gasteiger partial charge < -0.3 is 0 Å². The fourth-order valence-corrected chi connectivity index (χ4v) is 24.9. The molecule has 2 aliphatic rings. The van der Waals surface area contributed by atoms with E-state index in [0.717, 1.165) is 62.7 Å². The summed E-state index contributed by atoms with van der Waals surface area (Å²) in [5.41, 5.74) is 9.56. The van der Waals surface area contributed by atoms with E-state index in [1.54, 1.807) is 7.63 Å². The van der Waals surface area contributed by atoms with Crippen molar-refractivity contribution in [3.8, 4) is 22.3 Å². The molecule has 56 heavy (non-hydrogen) atoms. The van der Waals surface area contributed by atoms with E-state index in [9.17, 15) is 0 Å². The second-order valence-corrected chi connectivity index (χ2v) is 44.3. The molecule has 0 spiro atoms. The summed E-state index contributed by atoms with van der Waals surface area (Å²) < 4.78 is 17.0. The van der Waals surface area contributed by atoms with Crippen LogP contribution in [0.3, 0.4) is 0 Å². The molecule has 0 amide bonds. The van der Waals surface area contributed by atoms with E-state index in [2.05, 4.69) is 72.8 Å². The van der Waals surface area contributed by atoms with Crippen molar-refractivity contribution < 1.29 is 28.5 Å². The Morgan fingerprint density at radius 1 is 0.446 bits per heavy atom. The predicted molar refractivity (Wildman–Crippen MR) is 228 cm³/mol. The van der Waals surface area contributed by atoms with Crippen LogP contribution in [0.25, 0.3) is 43.8 Å². The summed E-state index contributed by atoms with van der Waals surface area (Å²) in [7, 11) is 1.64. The van der Waals surface area contributed by atoms with Gasteiger partial charge in [0.25, 0.3) is 0 Å². The summed E-state index contributed by atoms with van der Waals surface area (Å²) >= 11 is -7.28. The summed E-state index contributed by atoms with van der Waals surface area (Å²) in [5.74, 6) is -1.08. The summed E-state index contributed by atoms with van der Waals surface area (Å²) in [4.78, 5) is 31.3. The number of rotatable bonds is 6. The minimum atomic E-state index is -7.28. The Morgan fingerprint density at radius 3 is 1.27 bits per heavy atom. The summed E-state index contributed by atoms with van der Waals surface area (Å²) in [5, 5.41) is 7.43. The Kier molecular flexibility index (Phi) is 6.89. The molecule has 4 nitrogen and oxygen atoms in total. The molecule has 0 radical (unpaired) electrons. The van der Waals surface area contributed by atoms with Gasteiger partial charge in [0.2, 0.25) is 0 Å². The number of benzene rings is 8. The maximum absolute atomic E-state index is 15.6. The molecular formula is C50H40O4SiTi. The molecule has 10 rings (SSSR count). The molecule has 0 fully saturated rings. The van der Waals surface area contributed by atoms with Gasteiger partial charge in [-0.05, 0) is 0 Å². The molecule has 0 aliphatic heterocycles. The first-order valence-corrected chi connectivity index (χ1v) is 29.3. The predicted octanol–water partition coefficient (Wildman–Crippen LogP) is 10.0. The Morgan fingerprint density at radius 2 is 0.804 bits per heavy atom. The van der Waals surface area contributed by atoms with Crippen LogP contribution in [0.5, 0.6) is 0 Å². The van der Waals surface area contributed by atoms with Gasteiger partial charge in [0.1, 0.15) is 0 Å². The maximum atomic E-state index is 15.6. The second kappa shape index (κ2) is 11.1. The third-order valence-electron chi connectivity index (χ3n) is 12.9. The van der Waals surface area contributed by atoms with Gasteiger partial charge in [-0.1, -0.05) is 0 Å². The standard InChI is InChI=1S/2C13H9.2C11H8O2.2CH3.H2Si.Ti/c2*1-3-7-12-10(5-1)9-11-6-2-4-8-13(11)12;2*12-11(13)10-7-3-5-8-4-1-2-6-9(8)10;;;;/h2*1-5,7-8H,9H2;2*1-7H,(H,12,13);2*1H3;1H2;/q;;;;;;;+2/p-2. The van der Waals surface area contributed by atoms with Crippen molar-refractivity contribution in [3.63, 3.8) is 0 Å². The van der Waals surface area contributed by atoms with E-state index in [0.29, 0.717) is 24.0 Å². The molecule has 8 aromatic carbocycles. The third kappa shape index (κ3) is 4.75. The number of carbonyl (C=O) groups is 2. The third-order valence-corrected chi connectivity index (χ3v) is 28.7. The van der Waals surface area contributed by atoms with Gasteiger partial charge in [-0.15, -0.1) is 0 Å². The van der Waals surface area contributed by atoms with E-state index in [4.69, 9.17) is 6.64 Å². The number of carbonyl (C=O) groups excluding carboxylic acids is 2. The first-order valence-electron chi connectivity index (χ1n) is 19.3. The Labute approximate surface area is 324 Å². The van der Waals surface area contributed by atoms with Crippen molar-refractivity contribution in [1.29, 1.82) is 0 Å². The van der Waals surface area contributed by atoms with Crippen molar-refractivity contribution in [2.45, 2.75) is 23.3 Å². The minimum absolute atomic E-state index is 0.414. The number of fused-ring (bicyclic) bond motifs is 8. The quantitative estimate of drug-likeness (QED) is 0.158. The van der Waals surface area contributed by atoms with Gasteiger partial charge in [0.05, 0.1) is 0 Å². The van der Waals surface area contributed by atoms with Crippen molar-refractivity contribution >= 4 is 48.9 Å². The molecule has 6 heteroatoms. The zero-order valence-electron chi connectivity index (χ0n) is 31.4. The number of hydrogen-bond donors (Lipinski definition) is 0. The van der Waals surface area contributed by atoms with Crippen LogP contribution in [0.1, 0.15) is 43.0 Å². The van der Waals surface area contributed by atoms with Gasteiger partial charge in [-0.2, -0.15) is 0 Å². The van der Waals surface area contributed by atoms with Crippen LogP contribution in [-0.4, -0.2) is 19.6 Å². The normalized spacial score (nSPS) is 14.6. The molecule has 0 aromatic heterocycles. The van der Waals surface area contributed by atoms with Gasteiger partial charge >= 0.3 is 326 Å². The van der Waals surface area contributed by atoms with Gasteiger partial charge in [-0.25, -0.2) is 0 Å². The molecule has 0 bridgehead atoms. The molecule has 2 aliphatic carbocycles. The number of hydrogen-bond acceptors (Lipinski definition) is 4. The van der Waals surface area contributed by atoms with Crippen LogP contribution in [0.4, 0.5) is 0 Å². The van der Waals surface area contributed by atoms with Crippen molar-refractivity contribution in [3.05, 3.63) is 203 Å². The van der Waals surface area contributed by atoms with E-state index >= 15 is 9.59 Å². The molecule has 0 heterocycles. The van der Waals surface area contributed by atoms with Crippen LogP contribution in [0.15, 0.2) is 170 Å². The van der Waals surface area contributed by atoms with E-state index in [-0.39, 0.29) is 0 Å². The summed E-state index contributed by atoms with van der Waals surface area (Å²) in [6.45, 7) is 0. The van der Waals surface area contributed by atoms with E-state index in [1.165, 1.54) is 11.1 Å². The average Bonchev–Trinajstić information content (AvgIpc) is 3.79. The van der Waals surface area contributed by atoms with Crippen molar-refractivity contribution in [2.24, 2.45) is 0 Å². The topological polar surface area (TPSA) is 52.6 Å². The molecule has 8 aromatic rings. The van der Waals surface area contributed by atoms with Crippen molar-refractivity contribution in [1.82, 2.24) is 0 Å². The van der Waals surface area contributed by atoms with E-state index < -0.39 is 24.2 Å². The van der Waals surface area contributed by atoms with Crippen LogP contribution in [0, 0.1) is 0 Å². The molecule has 0 atom stereocenters. The zero-order valence-corrected chi connectivity index (χ0v) is 34.4. The average molecular weight is 781 g/mol. The molecule has 272 valence electrons.